The third-order valence-electron chi connectivity index (χ3n) is 2.13. The third-order valence-corrected chi connectivity index (χ3v) is 2.13. The molecule has 2 heteroatoms. The largest absolute Gasteiger partial charge is 0.316 e. The molecule has 0 bridgehead atoms. The van der Waals surface area contributed by atoms with Gasteiger partial charge in [-0.1, -0.05) is 37.3 Å². The molecule has 0 radical (unpaired) electrons. The van der Waals surface area contributed by atoms with Crippen molar-refractivity contribution in [3.05, 3.63) is 35.9 Å². The van der Waals surface area contributed by atoms with Crippen LogP contribution in [0.15, 0.2) is 30.3 Å². The lowest BCUT2D eigenvalue weighted by molar-refractivity contribution is 0.533. The Labute approximate surface area is 73.6 Å². The average molecular weight is 164 g/mol. The molecule has 0 aliphatic rings. The molecule has 1 aromatic carbocycles. The Hall–Kier alpha value is -0.860. The lowest BCUT2D eigenvalue weighted by Gasteiger charge is -2.18. The Kier molecular flexibility index (Phi) is 3.26. The van der Waals surface area contributed by atoms with E-state index in [9.17, 15) is 0 Å². The van der Waals surface area contributed by atoms with Crippen molar-refractivity contribution in [1.29, 1.82) is 0 Å². The minimum Gasteiger partial charge on any atom is -0.316 e. The molecule has 0 aliphatic carbocycles. The molecule has 0 heterocycles. The zero-order valence-corrected chi connectivity index (χ0v) is 7.40. The monoisotopic (exact) mass is 164 g/mol. The van der Waals surface area contributed by atoms with Crippen LogP contribution in [-0.2, 0) is 0 Å². The van der Waals surface area contributed by atoms with Crippen molar-refractivity contribution in [2.24, 2.45) is 11.5 Å². The summed E-state index contributed by atoms with van der Waals surface area (Å²) in [6.07, 6.45) is 0.735. The van der Waals surface area contributed by atoms with E-state index in [-0.39, 0.29) is 12.1 Å². The van der Waals surface area contributed by atoms with Crippen LogP contribution in [0.1, 0.15) is 24.8 Å². The lowest BCUT2D eigenvalue weighted by Crippen LogP contribution is -2.36. The standard InChI is InChI=1S/C10H16N2/c1-2-9(10(11)12)8-6-4-3-5-7-8/h3-7,9-10H,2,11-12H2,1H3/t9-/m1/s1. The van der Waals surface area contributed by atoms with Crippen LogP contribution in [0.2, 0.25) is 0 Å². The van der Waals surface area contributed by atoms with Gasteiger partial charge in [0.2, 0.25) is 0 Å². The first-order valence-corrected chi connectivity index (χ1v) is 4.31. The Morgan fingerprint density at radius 2 is 1.75 bits per heavy atom. The molecule has 0 spiro atoms. The summed E-state index contributed by atoms with van der Waals surface area (Å²) in [5, 5.41) is 0. The molecule has 1 atom stereocenters. The van der Waals surface area contributed by atoms with Crippen molar-refractivity contribution >= 4 is 0 Å². The zero-order chi connectivity index (χ0) is 8.97. The first-order chi connectivity index (χ1) is 5.75. The van der Waals surface area contributed by atoms with Gasteiger partial charge in [0.1, 0.15) is 0 Å². The van der Waals surface area contributed by atoms with Gasteiger partial charge in [-0.3, -0.25) is 0 Å². The number of benzene rings is 1. The molecule has 0 aromatic heterocycles. The molecule has 12 heavy (non-hydrogen) atoms. The van der Waals surface area contributed by atoms with Crippen molar-refractivity contribution in [3.63, 3.8) is 0 Å². The summed E-state index contributed by atoms with van der Waals surface area (Å²) in [7, 11) is 0. The molecule has 0 fully saturated rings. The van der Waals surface area contributed by atoms with Gasteiger partial charge in [0.25, 0.3) is 0 Å². The van der Waals surface area contributed by atoms with Crippen LogP contribution in [0.3, 0.4) is 0 Å². The van der Waals surface area contributed by atoms with E-state index in [0.29, 0.717) is 0 Å². The molecule has 2 nitrogen and oxygen atoms in total. The summed E-state index contributed by atoms with van der Waals surface area (Å²) < 4.78 is 0. The van der Waals surface area contributed by atoms with Gasteiger partial charge >= 0.3 is 0 Å². The van der Waals surface area contributed by atoms with Gasteiger partial charge in [0, 0.05) is 5.92 Å². The van der Waals surface area contributed by atoms with Gasteiger partial charge < -0.3 is 11.5 Å². The van der Waals surface area contributed by atoms with Gasteiger partial charge in [0.05, 0.1) is 6.17 Å². The fourth-order valence-electron chi connectivity index (χ4n) is 1.43. The number of hydrogen-bond donors (Lipinski definition) is 2. The Balaban J connectivity index is 2.80. The third kappa shape index (κ3) is 2.06. The summed E-state index contributed by atoms with van der Waals surface area (Å²) in [6.45, 7) is 2.10. The smallest absolute Gasteiger partial charge is 0.0591 e. The van der Waals surface area contributed by atoms with Crippen molar-refractivity contribution in [2.45, 2.75) is 25.4 Å². The van der Waals surface area contributed by atoms with Crippen molar-refractivity contribution in [1.82, 2.24) is 0 Å². The van der Waals surface area contributed by atoms with E-state index in [1.165, 1.54) is 5.56 Å². The van der Waals surface area contributed by atoms with Crippen LogP contribution < -0.4 is 11.5 Å². The molecular weight excluding hydrogens is 148 g/mol. The molecular formula is C10H16N2. The predicted molar refractivity (Wildman–Crippen MR) is 51.6 cm³/mol. The second kappa shape index (κ2) is 4.24. The van der Waals surface area contributed by atoms with E-state index in [2.05, 4.69) is 19.1 Å². The van der Waals surface area contributed by atoms with E-state index in [1.807, 2.05) is 18.2 Å². The average Bonchev–Trinajstić information content (AvgIpc) is 2.07. The molecule has 0 aliphatic heterocycles. The molecule has 0 unspecified atom stereocenters. The maximum Gasteiger partial charge on any atom is 0.0591 e. The Bertz CT molecular complexity index is 219. The topological polar surface area (TPSA) is 52.0 Å². The number of rotatable bonds is 3. The van der Waals surface area contributed by atoms with Gasteiger partial charge in [-0.25, -0.2) is 0 Å². The molecule has 1 rings (SSSR count). The van der Waals surface area contributed by atoms with E-state index in [4.69, 9.17) is 11.5 Å². The van der Waals surface area contributed by atoms with Gasteiger partial charge in [0.15, 0.2) is 0 Å². The quantitative estimate of drug-likeness (QED) is 0.664. The Morgan fingerprint density at radius 3 is 2.17 bits per heavy atom. The fraction of sp³-hybridized carbons (Fsp3) is 0.400. The summed E-state index contributed by atoms with van der Waals surface area (Å²) >= 11 is 0. The van der Waals surface area contributed by atoms with Gasteiger partial charge in [-0.05, 0) is 12.0 Å². The van der Waals surface area contributed by atoms with Crippen molar-refractivity contribution < 1.29 is 0 Å². The zero-order valence-electron chi connectivity index (χ0n) is 7.40. The lowest BCUT2D eigenvalue weighted by atomic mass is 9.94. The summed E-state index contributed by atoms with van der Waals surface area (Å²) in [6, 6.07) is 10.2. The van der Waals surface area contributed by atoms with Crippen molar-refractivity contribution in [3.8, 4) is 0 Å². The minimum atomic E-state index is -0.252. The summed E-state index contributed by atoms with van der Waals surface area (Å²) in [4.78, 5) is 0. The van der Waals surface area contributed by atoms with Gasteiger partial charge in [-0.15, -0.1) is 0 Å². The maximum absolute atomic E-state index is 5.66. The predicted octanol–water partition coefficient (Wildman–Crippen LogP) is 1.42. The maximum atomic E-state index is 5.66. The van der Waals surface area contributed by atoms with Crippen LogP contribution in [0.4, 0.5) is 0 Å². The molecule has 0 amide bonds. The highest BCUT2D eigenvalue weighted by molar-refractivity contribution is 5.20. The molecule has 0 saturated heterocycles. The first-order valence-electron chi connectivity index (χ1n) is 4.31. The summed E-state index contributed by atoms with van der Waals surface area (Å²) in [5.41, 5.74) is 12.5. The number of hydrogen-bond acceptors (Lipinski definition) is 2. The van der Waals surface area contributed by atoms with Crippen LogP contribution >= 0.6 is 0 Å². The second-order valence-electron chi connectivity index (χ2n) is 3.00. The van der Waals surface area contributed by atoms with Crippen LogP contribution in [0.25, 0.3) is 0 Å². The summed E-state index contributed by atoms with van der Waals surface area (Å²) in [5.74, 6) is 0.284. The second-order valence-corrected chi connectivity index (χ2v) is 3.00. The SMILES string of the molecule is CC[C@H](c1ccccc1)C(N)N. The highest BCUT2D eigenvalue weighted by atomic mass is 14.9. The number of nitrogens with two attached hydrogens (primary N) is 2. The van der Waals surface area contributed by atoms with Gasteiger partial charge in [-0.2, -0.15) is 0 Å². The van der Waals surface area contributed by atoms with E-state index in [1.54, 1.807) is 0 Å². The van der Waals surface area contributed by atoms with Crippen LogP contribution in [-0.4, -0.2) is 6.17 Å². The van der Waals surface area contributed by atoms with Crippen LogP contribution in [0, 0.1) is 0 Å². The Morgan fingerprint density at radius 1 is 1.17 bits per heavy atom. The molecule has 66 valence electrons. The highest BCUT2D eigenvalue weighted by Crippen LogP contribution is 2.19. The van der Waals surface area contributed by atoms with Crippen LogP contribution in [0.5, 0.6) is 0 Å². The molecule has 1 aromatic rings. The fourth-order valence-corrected chi connectivity index (χ4v) is 1.43. The highest BCUT2D eigenvalue weighted by Gasteiger charge is 2.12. The van der Waals surface area contributed by atoms with E-state index >= 15 is 0 Å². The molecule has 4 N–H and O–H groups in total. The van der Waals surface area contributed by atoms with Crippen molar-refractivity contribution in [2.75, 3.05) is 0 Å². The first kappa shape index (κ1) is 9.23. The normalized spacial score (nSPS) is 13.3. The van der Waals surface area contributed by atoms with E-state index < -0.39 is 0 Å². The van der Waals surface area contributed by atoms with E-state index in [0.717, 1.165) is 6.42 Å². The molecule has 0 saturated carbocycles. The minimum absolute atomic E-state index is 0.252.